The van der Waals surface area contributed by atoms with Crippen molar-refractivity contribution in [1.29, 1.82) is 0 Å². The zero-order chi connectivity index (χ0) is 12.1. The first-order valence-corrected chi connectivity index (χ1v) is 5.83. The molecule has 88 valence electrons. The maximum Gasteiger partial charge on any atom is 0.319 e. The van der Waals surface area contributed by atoms with Crippen LogP contribution in [-0.2, 0) is 0 Å². The van der Waals surface area contributed by atoms with E-state index in [1.807, 2.05) is 0 Å². The number of aliphatic hydroxyl groups is 1. The Bertz CT molecular complexity index is 387. The van der Waals surface area contributed by atoms with Crippen molar-refractivity contribution in [2.45, 2.75) is 13.0 Å². The van der Waals surface area contributed by atoms with Gasteiger partial charge in [-0.25, -0.2) is 4.79 Å². The first-order chi connectivity index (χ1) is 7.52. The summed E-state index contributed by atoms with van der Waals surface area (Å²) in [5.41, 5.74) is 0.521. The number of halogens is 2. The average molecular weight is 308 g/mol. The molecular formula is C10H12BrClN2O2. The molecule has 0 aliphatic heterocycles. The van der Waals surface area contributed by atoms with Crippen LogP contribution in [0.1, 0.15) is 6.92 Å². The van der Waals surface area contributed by atoms with E-state index in [4.69, 9.17) is 16.7 Å². The molecule has 0 saturated carbocycles. The summed E-state index contributed by atoms with van der Waals surface area (Å²) in [7, 11) is 0. The Morgan fingerprint density at radius 3 is 2.88 bits per heavy atom. The van der Waals surface area contributed by atoms with Gasteiger partial charge < -0.3 is 15.7 Å². The lowest BCUT2D eigenvalue weighted by atomic mass is 10.3. The predicted octanol–water partition coefficient (Wildman–Crippen LogP) is 2.60. The van der Waals surface area contributed by atoms with Crippen LogP contribution in [0.5, 0.6) is 0 Å². The molecule has 3 N–H and O–H groups in total. The summed E-state index contributed by atoms with van der Waals surface area (Å²) in [6.07, 6.45) is 0. The van der Waals surface area contributed by atoms with Crippen LogP contribution < -0.4 is 10.6 Å². The number of carbonyl (C=O) groups excluding carboxylic acids is 1. The van der Waals surface area contributed by atoms with E-state index in [1.54, 1.807) is 25.1 Å². The fourth-order valence-electron chi connectivity index (χ4n) is 1.02. The lowest BCUT2D eigenvalue weighted by Crippen LogP contribution is -2.38. The van der Waals surface area contributed by atoms with Gasteiger partial charge in [-0.2, -0.15) is 0 Å². The van der Waals surface area contributed by atoms with Crippen molar-refractivity contribution >= 4 is 39.2 Å². The normalized spacial score (nSPS) is 12.0. The van der Waals surface area contributed by atoms with E-state index in [9.17, 15) is 4.79 Å². The third-order valence-electron chi connectivity index (χ3n) is 1.83. The molecule has 0 bridgehead atoms. The first kappa shape index (κ1) is 13.3. The third kappa shape index (κ3) is 4.00. The van der Waals surface area contributed by atoms with Crippen molar-refractivity contribution in [3.8, 4) is 0 Å². The van der Waals surface area contributed by atoms with Crippen molar-refractivity contribution in [3.63, 3.8) is 0 Å². The van der Waals surface area contributed by atoms with E-state index < -0.39 is 6.03 Å². The molecule has 0 aliphatic rings. The summed E-state index contributed by atoms with van der Waals surface area (Å²) in [6, 6.07) is 4.46. The lowest BCUT2D eigenvalue weighted by Gasteiger charge is -2.12. The number of hydrogen-bond acceptors (Lipinski definition) is 2. The van der Waals surface area contributed by atoms with Gasteiger partial charge in [-0.05, 0) is 25.1 Å². The molecule has 1 unspecified atom stereocenters. The molecule has 1 aromatic rings. The van der Waals surface area contributed by atoms with E-state index in [0.29, 0.717) is 10.7 Å². The van der Waals surface area contributed by atoms with Gasteiger partial charge in [0.1, 0.15) is 0 Å². The van der Waals surface area contributed by atoms with Gasteiger partial charge >= 0.3 is 6.03 Å². The lowest BCUT2D eigenvalue weighted by molar-refractivity contribution is 0.229. The topological polar surface area (TPSA) is 61.4 Å². The van der Waals surface area contributed by atoms with Crippen LogP contribution in [0.2, 0.25) is 5.02 Å². The molecule has 0 aliphatic carbocycles. The summed E-state index contributed by atoms with van der Waals surface area (Å²) in [4.78, 5) is 11.4. The number of urea groups is 1. The molecular weight excluding hydrogens is 295 g/mol. The summed E-state index contributed by atoms with van der Waals surface area (Å²) in [5.74, 6) is 0. The third-order valence-corrected chi connectivity index (χ3v) is 2.64. The Hall–Kier alpha value is -0.780. The minimum atomic E-state index is -0.397. The maximum absolute atomic E-state index is 11.4. The van der Waals surface area contributed by atoms with E-state index >= 15 is 0 Å². The first-order valence-electron chi connectivity index (χ1n) is 4.66. The molecule has 0 heterocycles. The number of nitrogens with one attached hydrogen (secondary N) is 2. The molecule has 2 amide bonds. The molecule has 0 radical (unpaired) electrons. The number of benzene rings is 1. The standard InChI is InChI=1S/C10H12BrClN2O2/c1-6(5-15)13-10(16)14-9-3-2-7(11)4-8(9)12/h2-4,6,15H,5H2,1H3,(H2,13,14,16). The van der Waals surface area contributed by atoms with Crippen molar-refractivity contribution in [3.05, 3.63) is 27.7 Å². The number of anilines is 1. The van der Waals surface area contributed by atoms with Crippen molar-refractivity contribution < 1.29 is 9.90 Å². The van der Waals surface area contributed by atoms with Crippen LogP contribution in [0.4, 0.5) is 10.5 Å². The highest BCUT2D eigenvalue weighted by molar-refractivity contribution is 9.10. The second-order valence-electron chi connectivity index (χ2n) is 3.31. The second-order valence-corrected chi connectivity index (χ2v) is 4.63. The van der Waals surface area contributed by atoms with Gasteiger partial charge in [0.25, 0.3) is 0 Å². The van der Waals surface area contributed by atoms with Gasteiger partial charge in [0.2, 0.25) is 0 Å². The zero-order valence-corrected chi connectivity index (χ0v) is 11.0. The second kappa shape index (κ2) is 6.08. The largest absolute Gasteiger partial charge is 0.394 e. The fraction of sp³-hybridized carbons (Fsp3) is 0.300. The van der Waals surface area contributed by atoms with E-state index in [-0.39, 0.29) is 12.6 Å². The quantitative estimate of drug-likeness (QED) is 0.804. The smallest absolute Gasteiger partial charge is 0.319 e. The van der Waals surface area contributed by atoms with Crippen molar-refractivity contribution in [2.75, 3.05) is 11.9 Å². The highest BCUT2D eigenvalue weighted by atomic mass is 79.9. The Balaban J connectivity index is 2.63. The van der Waals surface area contributed by atoms with E-state index in [1.165, 1.54) is 0 Å². The molecule has 0 fully saturated rings. The number of aliphatic hydroxyl groups excluding tert-OH is 1. The monoisotopic (exact) mass is 306 g/mol. The molecule has 6 heteroatoms. The average Bonchev–Trinajstić information content (AvgIpc) is 2.22. The minimum Gasteiger partial charge on any atom is -0.394 e. The van der Waals surface area contributed by atoms with Gasteiger partial charge in [0.05, 0.1) is 23.4 Å². The van der Waals surface area contributed by atoms with E-state index in [2.05, 4.69) is 26.6 Å². The fourth-order valence-corrected chi connectivity index (χ4v) is 1.74. The van der Waals surface area contributed by atoms with Crippen LogP contribution in [0, 0.1) is 0 Å². The van der Waals surface area contributed by atoms with Crippen molar-refractivity contribution in [1.82, 2.24) is 5.32 Å². The number of amides is 2. The van der Waals surface area contributed by atoms with Crippen LogP contribution in [0.25, 0.3) is 0 Å². The Morgan fingerprint density at radius 2 is 2.31 bits per heavy atom. The summed E-state index contributed by atoms with van der Waals surface area (Å²) in [6.45, 7) is 1.59. The summed E-state index contributed by atoms with van der Waals surface area (Å²) >= 11 is 9.19. The minimum absolute atomic E-state index is 0.110. The molecule has 0 spiro atoms. The van der Waals surface area contributed by atoms with Gasteiger partial charge in [0, 0.05) is 4.47 Å². The Kier molecular flexibility index (Phi) is 5.05. The van der Waals surface area contributed by atoms with Gasteiger partial charge in [-0.15, -0.1) is 0 Å². The molecule has 1 rings (SSSR count). The molecule has 0 aromatic heterocycles. The number of rotatable bonds is 3. The molecule has 4 nitrogen and oxygen atoms in total. The van der Waals surface area contributed by atoms with Crippen LogP contribution in [0.15, 0.2) is 22.7 Å². The van der Waals surface area contributed by atoms with Gasteiger partial charge in [-0.3, -0.25) is 0 Å². The van der Waals surface area contributed by atoms with E-state index in [0.717, 1.165) is 4.47 Å². The number of hydrogen-bond donors (Lipinski definition) is 3. The summed E-state index contributed by atoms with van der Waals surface area (Å²) in [5, 5.41) is 14.3. The molecule has 16 heavy (non-hydrogen) atoms. The summed E-state index contributed by atoms with van der Waals surface area (Å²) < 4.78 is 0.840. The van der Waals surface area contributed by atoms with Crippen molar-refractivity contribution in [2.24, 2.45) is 0 Å². The maximum atomic E-state index is 11.4. The Labute approximate surface area is 107 Å². The highest BCUT2D eigenvalue weighted by Gasteiger charge is 2.08. The Morgan fingerprint density at radius 1 is 1.62 bits per heavy atom. The van der Waals surface area contributed by atoms with Gasteiger partial charge in [-0.1, -0.05) is 27.5 Å². The highest BCUT2D eigenvalue weighted by Crippen LogP contribution is 2.25. The number of carbonyl (C=O) groups is 1. The SMILES string of the molecule is CC(CO)NC(=O)Nc1ccc(Br)cc1Cl. The van der Waals surface area contributed by atoms with Crippen LogP contribution in [0.3, 0.4) is 0 Å². The predicted molar refractivity (Wildman–Crippen MR) is 67.9 cm³/mol. The molecule has 1 atom stereocenters. The van der Waals surface area contributed by atoms with Gasteiger partial charge in [0.15, 0.2) is 0 Å². The van der Waals surface area contributed by atoms with Crippen LogP contribution >= 0.6 is 27.5 Å². The van der Waals surface area contributed by atoms with Crippen LogP contribution in [-0.4, -0.2) is 23.8 Å². The molecule has 1 aromatic carbocycles. The molecule has 0 saturated heterocycles. The zero-order valence-electron chi connectivity index (χ0n) is 8.63.